The number of benzene rings is 3. The molecule has 0 atom stereocenters. The molecular formula is C22H20FN3O6S. The SMILES string of the molecule is COc1ccc(S(=O)(=O)N(CC(=O)Nc2cccc([N+](=O)[O-])c2C)c2ccc(F)cc2)cc1. The van der Waals surface area contributed by atoms with E-state index in [4.69, 9.17) is 4.74 Å². The maximum absolute atomic E-state index is 13.4. The summed E-state index contributed by atoms with van der Waals surface area (Å²) < 4.78 is 46.0. The molecule has 0 aliphatic carbocycles. The average Bonchev–Trinajstić information content (AvgIpc) is 2.79. The molecule has 0 aliphatic heterocycles. The van der Waals surface area contributed by atoms with Gasteiger partial charge >= 0.3 is 0 Å². The van der Waals surface area contributed by atoms with Crippen molar-refractivity contribution in [2.45, 2.75) is 11.8 Å². The Morgan fingerprint density at radius 3 is 2.30 bits per heavy atom. The predicted molar refractivity (Wildman–Crippen MR) is 120 cm³/mol. The van der Waals surface area contributed by atoms with Gasteiger partial charge in [0.1, 0.15) is 18.1 Å². The van der Waals surface area contributed by atoms with E-state index in [2.05, 4.69) is 5.32 Å². The summed E-state index contributed by atoms with van der Waals surface area (Å²) in [4.78, 5) is 23.3. The van der Waals surface area contributed by atoms with Crippen molar-refractivity contribution in [3.05, 3.63) is 88.2 Å². The topological polar surface area (TPSA) is 119 Å². The lowest BCUT2D eigenvalue weighted by molar-refractivity contribution is -0.385. The number of rotatable bonds is 8. The third-order valence-electron chi connectivity index (χ3n) is 4.83. The monoisotopic (exact) mass is 473 g/mol. The van der Waals surface area contributed by atoms with E-state index < -0.39 is 33.2 Å². The summed E-state index contributed by atoms with van der Waals surface area (Å²) in [5, 5.41) is 13.7. The van der Waals surface area contributed by atoms with Gasteiger partial charge in [-0.3, -0.25) is 19.2 Å². The smallest absolute Gasteiger partial charge is 0.274 e. The molecule has 3 rings (SSSR count). The highest BCUT2D eigenvalue weighted by Gasteiger charge is 2.28. The van der Waals surface area contributed by atoms with Crippen LogP contribution >= 0.6 is 0 Å². The molecule has 1 amide bonds. The Hall–Kier alpha value is -3.99. The molecule has 0 spiro atoms. The normalized spacial score (nSPS) is 11.0. The van der Waals surface area contributed by atoms with E-state index in [1.165, 1.54) is 68.6 Å². The molecule has 172 valence electrons. The van der Waals surface area contributed by atoms with Gasteiger partial charge in [0.25, 0.3) is 15.7 Å². The number of hydrogen-bond acceptors (Lipinski definition) is 6. The third-order valence-corrected chi connectivity index (χ3v) is 6.61. The van der Waals surface area contributed by atoms with Crippen LogP contribution in [-0.4, -0.2) is 32.9 Å². The van der Waals surface area contributed by atoms with Crippen LogP contribution in [0, 0.1) is 22.9 Å². The molecule has 0 fully saturated rings. The first-order chi connectivity index (χ1) is 15.6. The molecule has 0 saturated carbocycles. The summed E-state index contributed by atoms with van der Waals surface area (Å²) in [6.07, 6.45) is 0. The Morgan fingerprint density at radius 2 is 1.73 bits per heavy atom. The summed E-state index contributed by atoms with van der Waals surface area (Å²) in [5.41, 5.74) is 0.282. The van der Waals surface area contributed by atoms with E-state index in [1.807, 2.05) is 0 Å². The van der Waals surface area contributed by atoms with Gasteiger partial charge < -0.3 is 10.1 Å². The van der Waals surface area contributed by atoms with Crippen LogP contribution in [0.1, 0.15) is 5.56 Å². The Balaban J connectivity index is 1.95. The number of carbonyl (C=O) groups excluding carboxylic acids is 1. The second kappa shape index (κ2) is 9.65. The minimum atomic E-state index is -4.22. The van der Waals surface area contributed by atoms with Crippen LogP contribution in [0.4, 0.5) is 21.5 Å². The number of nitro groups is 1. The molecule has 0 saturated heterocycles. The van der Waals surface area contributed by atoms with Crippen molar-refractivity contribution in [2.24, 2.45) is 0 Å². The van der Waals surface area contributed by atoms with Gasteiger partial charge in [0.15, 0.2) is 0 Å². The maximum Gasteiger partial charge on any atom is 0.274 e. The molecule has 11 heteroatoms. The largest absolute Gasteiger partial charge is 0.497 e. The van der Waals surface area contributed by atoms with Gasteiger partial charge in [0, 0.05) is 6.07 Å². The predicted octanol–water partition coefficient (Wildman–Crippen LogP) is 3.88. The lowest BCUT2D eigenvalue weighted by Crippen LogP contribution is -2.38. The summed E-state index contributed by atoms with van der Waals surface area (Å²) in [7, 11) is -2.79. The summed E-state index contributed by atoms with van der Waals surface area (Å²) in [6.45, 7) is 0.821. The maximum atomic E-state index is 13.4. The Kier molecular flexibility index (Phi) is 6.92. The fraction of sp³-hybridized carbons (Fsp3) is 0.136. The highest BCUT2D eigenvalue weighted by molar-refractivity contribution is 7.92. The van der Waals surface area contributed by atoms with Crippen molar-refractivity contribution >= 4 is 33.0 Å². The molecule has 3 aromatic carbocycles. The first-order valence-electron chi connectivity index (χ1n) is 9.59. The lowest BCUT2D eigenvalue weighted by atomic mass is 10.1. The molecule has 1 N–H and O–H groups in total. The molecule has 0 aromatic heterocycles. The van der Waals surface area contributed by atoms with Crippen LogP contribution in [0.2, 0.25) is 0 Å². The first kappa shape index (κ1) is 23.7. The highest BCUT2D eigenvalue weighted by Crippen LogP contribution is 2.27. The Bertz CT molecular complexity index is 1280. The lowest BCUT2D eigenvalue weighted by Gasteiger charge is -2.24. The number of sulfonamides is 1. The number of ether oxygens (including phenoxy) is 1. The highest BCUT2D eigenvalue weighted by atomic mass is 32.2. The number of amides is 1. The molecule has 0 heterocycles. The van der Waals surface area contributed by atoms with Crippen molar-refractivity contribution in [1.29, 1.82) is 0 Å². The fourth-order valence-electron chi connectivity index (χ4n) is 3.07. The van der Waals surface area contributed by atoms with E-state index >= 15 is 0 Å². The second-order valence-corrected chi connectivity index (χ2v) is 8.78. The number of methoxy groups -OCH3 is 1. The van der Waals surface area contributed by atoms with Gasteiger partial charge in [-0.15, -0.1) is 0 Å². The molecule has 0 radical (unpaired) electrons. The van der Waals surface area contributed by atoms with Crippen molar-refractivity contribution in [3.8, 4) is 5.75 Å². The van der Waals surface area contributed by atoms with Gasteiger partial charge in [0.05, 0.1) is 33.9 Å². The molecule has 33 heavy (non-hydrogen) atoms. The number of carbonyl (C=O) groups is 1. The number of nitrogens with zero attached hydrogens (tertiary/aromatic N) is 2. The van der Waals surface area contributed by atoms with E-state index in [0.29, 0.717) is 5.75 Å². The number of nitro benzene ring substituents is 1. The summed E-state index contributed by atoms with van der Waals surface area (Å²) in [5.74, 6) is -0.863. The molecule has 0 unspecified atom stereocenters. The Labute approximate surface area is 189 Å². The van der Waals surface area contributed by atoms with Crippen LogP contribution in [0.15, 0.2) is 71.6 Å². The first-order valence-corrected chi connectivity index (χ1v) is 11.0. The molecular weight excluding hydrogens is 453 g/mol. The number of anilines is 2. The van der Waals surface area contributed by atoms with Crippen LogP contribution in [-0.2, 0) is 14.8 Å². The van der Waals surface area contributed by atoms with E-state index in [1.54, 1.807) is 0 Å². The standard InChI is InChI=1S/C22H20FN3O6S/c1-15-20(4-3-5-21(15)26(28)29)24-22(27)14-25(17-8-6-16(23)7-9-17)33(30,31)19-12-10-18(32-2)11-13-19/h3-13H,14H2,1-2H3,(H,24,27). The minimum absolute atomic E-state index is 0.0677. The number of hydrogen-bond donors (Lipinski definition) is 1. The van der Waals surface area contributed by atoms with Gasteiger partial charge in [-0.25, -0.2) is 12.8 Å². The van der Waals surface area contributed by atoms with Crippen molar-refractivity contribution < 1.29 is 27.3 Å². The van der Waals surface area contributed by atoms with Crippen molar-refractivity contribution in [3.63, 3.8) is 0 Å². The van der Waals surface area contributed by atoms with E-state index in [0.717, 1.165) is 16.4 Å². The van der Waals surface area contributed by atoms with E-state index in [-0.39, 0.29) is 27.5 Å². The van der Waals surface area contributed by atoms with E-state index in [9.17, 15) is 27.7 Å². The molecule has 0 aliphatic rings. The number of nitrogens with one attached hydrogen (secondary N) is 1. The minimum Gasteiger partial charge on any atom is -0.497 e. The molecule has 0 bridgehead atoms. The van der Waals surface area contributed by atoms with Crippen molar-refractivity contribution in [1.82, 2.24) is 0 Å². The van der Waals surface area contributed by atoms with Crippen molar-refractivity contribution in [2.75, 3.05) is 23.3 Å². The second-order valence-electron chi connectivity index (χ2n) is 6.92. The summed E-state index contributed by atoms with van der Waals surface area (Å²) in [6, 6.07) is 14.4. The number of halogens is 1. The van der Waals surface area contributed by atoms with Gasteiger partial charge in [0.2, 0.25) is 5.91 Å². The third kappa shape index (κ3) is 5.26. The fourth-order valence-corrected chi connectivity index (χ4v) is 4.50. The average molecular weight is 473 g/mol. The Morgan fingerprint density at radius 1 is 1.09 bits per heavy atom. The quantitative estimate of drug-likeness (QED) is 0.392. The van der Waals surface area contributed by atoms with Gasteiger partial charge in [-0.1, -0.05) is 6.07 Å². The summed E-state index contributed by atoms with van der Waals surface area (Å²) >= 11 is 0. The zero-order chi connectivity index (χ0) is 24.2. The van der Waals surface area contributed by atoms with Gasteiger partial charge in [-0.2, -0.15) is 0 Å². The molecule has 9 nitrogen and oxygen atoms in total. The zero-order valence-electron chi connectivity index (χ0n) is 17.7. The van der Waals surface area contributed by atoms with Crippen LogP contribution in [0.5, 0.6) is 5.75 Å². The zero-order valence-corrected chi connectivity index (χ0v) is 18.5. The van der Waals surface area contributed by atoms with Gasteiger partial charge in [-0.05, 0) is 61.5 Å². The van der Waals surface area contributed by atoms with Crippen LogP contribution < -0.4 is 14.4 Å². The van der Waals surface area contributed by atoms with Crippen LogP contribution in [0.25, 0.3) is 0 Å². The molecule has 3 aromatic rings. The van der Waals surface area contributed by atoms with Crippen LogP contribution in [0.3, 0.4) is 0 Å².